The second-order valence-electron chi connectivity index (χ2n) is 5.90. The van der Waals surface area contributed by atoms with E-state index in [0.717, 1.165) is 10.9 Å². The molecule has 3 rings (SSSR count). The number of rotatable bonds is 5. The van der Waals surface area contributed by atoms with Crippen LogP contribution in [0.15, 0.2) is 42.5 Å². The molecule has 0 aliphatic carbocycles. The molecule has 0 bridgehead atoms. The first-order chi connectivity index (χ1) is 11.3. The molecule has 0 aromatic heterocycles. The van der Waals surface area contributed by atoms with Crippen molar-refractivity contribution in [3.63, 3.8) is 0 Å². The van der Waals surface area contributed by atoms with Crippen molar-refractivity contribution in [1.29, 1.82) is 0 Å². The highest BCUT2D eigenvalue weighted by molar-refractivity contribution is 5.83. The van der Waals surface area contributed by atoms with Crippen molar-refractivity contribution in [2.45, 2.75) is 12.8 Å². The average Bonchev–Trinajstić information content (AvgIpc) is 2.61. The summed E-state index contributed by atoms with van der Waals surface area (Å²) in [5, 5.41) is 2.32. The lowest BCUT2D eigenvalue weighted by molar-refractivity contribution is -0.135. The number of hydrogen-bond acceptors (Lipinski definition) is 3. The molecule has 1 heterocycles. The summed E-state index contributed by atoms with van der Waals surface area (Å²) >= 11 is 0. The molecule has 1 saturated heterocycles. The number of carbonyl (C=O) groups is 1. The summed E-state index contributed by atoms with van der Waals surface area (Å²) in [6, 6.07) is 14.3. The van der Waals surface area contributed by atoms with Crippen LogP contribution in [0.3, 0.4) is 0 Å². The SMILES string of the molecule is O=[C]C(CC(=O)N1CCOCC1)Cc1ccc2ccccc2c1. The van der Waals surface area contributed by atoms with Crippen LogP contribution in [0.4, 0.5) is 0 Å². The molecule has 1 fully saturated rings. The van der Waals surface area contributed by atoms with E-state index >= 15 is 0 Å². The number of ether oxygens (including phenoxy) is 1. The van der Waals surface area contributed by atoms with Gasteiger partial charge in [0.25, 0.3) is 0 Å². The molecule has 2 aromatic rings. The lowest BCUT2D eigenvalue weighted by atomic mass is 9.95. The van der Waals surface area contributed by atoms with Crippen molar-refractivity contribution < 1.29 is 14.3 Å². The molecule has 4 heteroatoms. The maximum absolute atomic E-state index is 12.3. The van der Waals surface area contributed by atoms with E-state index in [-0.39, 0.29) is 12.3 Å². The summed E-state index contributed by atoms with van der Waals surface area (Å²) in [5.74, 6) is -0.381. The van der Waals surface area contributed by atoms with Crippen molar-refractivity contribution in [1.82, 2.24) is 4.90 Å². The van der Waals surface area contributed by atoms with Crippen molar-refractivity contribution in [2.75, 3.05) is 26.3 Å². The predicted molar refractivity (Wildman–Crippen MR) is 88.9 cm³/mol. The Kier molecular flexibility index (Phi) is 5.03. The van der Waals surface area contributed by atoms with Gasteiger partial charge >= 0.3 is 0 Å². The highest BCUT2D eigenvalue weighted by Crippen LogP contribution is 2.19. The number of benzene rings is 2. The second kappa shape index (κ2) is 7.38. The standard InChI is InChI=1S/C19H20NO3/c21-14-16(13-19(22)20-7-9-23-10-8-20)11-15-5-6-17-3-1-2-4-18(17)12-15/h1-6,12,16H,7-11,13H2. The van der Waals surface area contributed by atoms with Crippen LogP contribution in [-0.4, -0.2) is 43.4 Å². The van der Waals surface area contributed by atoms with Gasteiger partial charge < -0.3 is 9.64 Å². The Morgan fingerprint density at radius 1 is 1.13 bits per heavy atom. The van der Waals surface area contributed by atoms with E-state index < -0.39 is 5.92 Å². The molecule has 1 aliphatic rings. The Morgan fingerprint density at radius 2 is 1.87 bits per heavy atom. The number of morpholine rings is 1. The molecule has 23 heavy (non-hydrogen) atoms. The van der Waals surface area contributed by atoms with Gasteiger partial charge in [0.15, 0.2) is 0 Å². The van der Waals surface area contributed by atoms with Gasteiger partial charge in [-0.2, -0.15) is 0 Å². The van der Waals surface area contributed by atoms with Gasteiger partial charge in [-0.25, -0.2) is 0 Å². The fourth-order valence-electron chi connectivity index (χ4n) is 2.96. The Balaban J connectivity index is 1.65. The van der Waals surface area contributed by atoms with E-state index in [2.05, 4.69) is 24.3 Å². The largest absolute Gasteiger partial charge is 0.378 e. The summed E-state index contributed by atoms with van der Waals surface area (Å²) in [6.45, 7) is 2.37. The summed E-state index contributed by atoms with van der Waals surface area (Å²) < 4.78 is 5.25. The van der Waals surface area contributed by atoms with Crippen molar-refractivity contribution in [3.8, 4) is 0 Å². The smallest absolute Gasteiger partial charge is 0.223 e. The number of fused-ring (bicyclic) bond motifs is 1. The lowest BCUT2D eigenvalue weighted by Crippen LogP contribution is -2.41. The topological polar surface area (TPSA) is 46.6 Å². The maximum Gasteiger partial charge on any atom is 0.223 e. The predicted octanol–water partition coefficient (Wildman–Crippen LogP) is 2.36. The second-order valence-corrected chi connectivity index (χ2v) is 5.90. The van der Waals surface area contributed by atoms with Gasteiger partial charge in [0.2, 0.25) is 12.2 Å². The number of carbonyl (C=O) groups excluding carboxylic acids is 2. The molecule has 0 N–H and O–H groups in total. The summed E-state index contributed by atoms with van der Waals surface area (Å²) in [5.41, 5.74) is 1.06. The Bertz CT molecular complexity index is 692. The van der Waals surface area contributed by atoms with Crippen LogP contribution in [0.5, 0.6) is 0 Å². The first kappa shape index (κ1) is 15.7. The van der Waals surface area contributed by atoms with Gasteiger partial charge in [-0.1, -0.05) is 42.5 Å². The van der Waals surface area contributed by atoms with E-state index in [0.29, 0.717) is 32.7 Å². The molecule has 0 saturated carbocycles. The van der Waals surface area contributed by atoms with Crippen LogP contribution in [0.2, 0.25) is 0 Å². The third-order valence-electron chi connectivity index (χ3n) is 4.25. The summed E-state index contributed by atoms with van der Waals surface area (Å²) in [6.07, 6.45) is 2.80. The fraction of sp³-hybridized carbons (Fsp3) is 0.368. The summed E-state index contributed by atoms with van der Waals surface area (Å²) in [4.78, 5) is 25.3. The average molecular weight is 310 g/mol. The maximum atomic E-state index is 12.3. The molecule has 1 atom stereocenters. The van der Waals surface area contributed by atoms with E-state index in [1.807, 2.05) is 24.5 Å². The first-order valence-electron chi connectivity index (χ1n) is 7.97. The summed E-state index contributed by atoms with van der Waals surface area (Å²) in [7, 11) is 0. The highest BCUT2D eigenvalue weighted by Gasteiger charge is 2.21. The third kappa shape index (κ3) is 3.96. The molecule has 4 nitrogen and oxygen atoms in total. The molecule has 1 unspecified atom stereocenters. The van der Waals surface area contributed by atoms with Crippen LogP contribution in [0.25, 0.3) is 10.8 Å². The zero-order chi connectivity index (χ0) is 16.1. The fourth-order valence-corrected chi connectivity index (χ4v) is 2.96. The normalized spacial score (nSPS) is 16.3. The van der Waals surface area contributed by atoms with Gasteiger partial charge in [-0.15, -0.1) is 0 Å². The lowest BCUT2D eigenvalue weighted by Gasteiger charge is -2.27. The van der Waals surface area contributed by atoms with E-state index in [4.69, 9.17) is 4.74 Å². The monoisotopic (exact) mass is 310 g/mol. The van der Waals surface area contributed by atoms with E-state index in [9.17, 15) is 9.59 Å². The van der Waals surface area contributed by atoms with Gasteiger partial charge in [0.1, 0.15) is 0 Å². The van der Waals surface area contributed by atoms with Crippen LogP contribution in [0.1, 0.15) is 12.0 Å². The molecule has 1 radical (unpaired) electrons. The van der Waals surface area contributed by atoms with Crippen LogP contribution in [-0.2, 0) is 20.7 Å². The van der Waals surface area contributed by atoms with Crippen LogP contribution in [0, 0.1) is 5.92 Å². The molecule has 1 amide bonds. The van der Waals surface area contributed by atoms with Crippen molar-refractivity contribution >= 4 is 23.0 Å². The number of hydrogen-bond donors (Lipinski definition) is 0. The van der Waals surface area contributed by atoms with Crippen molar-refractivity contribution in [3.05, 3.63) is 48.0 Å². The number of amides is 1. The van der Waals surface area contributed by atoms with Crippen LogP contribution < -0.4 is 0 Å². The van der Waals surface area contributed by atoms with Gasteiger partial charge in [-0.05, 0) is 22.8 Å². The van der Waals surface area contributed by atoms with Gasteiger partial charge in [0.05, 0.1) is 13.2 Å². The molecular formula is C19H20NO3. The van der Waals surface area contributed by atoms with Crippen molar-refractivity contribution in [2.24, 2.45) is 5.92 Å². The van der Waals surface area contributed by atoms with E-state index in [1.54, 1.807) is 4.90 Å². The molecule has 119 valence electrons. The molecule has 0 spiro atoms. The zero-order valence-corrected chi connectivity index (χ0v) is 13.0. The minimum absolute atomic E-state index is 0.0161. The quantitative estimate of drug-likeness (QED) is 0.852. The Morgan fingerprint density at radius 3 is 2.61 bits per heavy atom. The van der Waals surface area contributed by atoms with Gasteiger partial charge in [-0.3, -0.25) is 9.59 Å². The zero-order valence-electron chi connectivity index (χ0n) is 13.0. The number of nitrogens with zero attached hydrogens (tertiary/aromatic N) is 1. The Hall–Kier alpha value is -2.20. The van der Waals surface area contributed by atoms with Crippen LogP contribution >= 0.6 is 0 Å². The van der Waals surface area contributed by atoms with E-state index in [1.165, 1.54) is 5.39 Å². The Labute approximate surface area is 136 Å². The minimum Gasteiger partial charge on any atom is -0.378 e. The third-order valence-corrected chi connectivity index (χ3v) is 4.25. The molecule has 1 aliphatic heterocycles. The first-order valence-corrected chi connectivity index (χ1v) is 7.97. The highest BCUT2D eigenvalue weighted by atomic mass is 16.5. The molecule has 2 aromatic carbocycles. The molecular weight excluding hydrogens is 290 g/mol. The minimum atomic E-state index is -0.397. The van der Waals surface area contributed by atoms with Gasteiger partial charge in [0, 0.05) is 25.4 Å².